The molecule has 0 saturated carbocycles. The molecule has 2 atom stereocenters. The van der Waals surface area contributed by atoms with Crippen LogP contribution in [0.4, 0.5) is 5.69 Å². The van der Waals surface area contributed by atoms with Crippen LogP contribution in [0, 0.1) is 0 Å². The Labute approximate surface area is 239 Å². The Hall–Kier alpha value is -4.70. The number of hydrogen-bond donors (Lipinski definition) is 0. The summed E-state index contributed by atoms with van der Waals surface area (Å²) in [6.07, 6.45) is 10.7. The second-order valence-corrected chi connectivity index (χ2v) is 11.4. The average molecular weight is 538 g/mol. The highest BCUT2D eigenvalue weighted by Gasteiger charge is 2.46. The lowest BCUT2D eigenvalue weighted by molar-refractivity contribution is 0.202. The zero-order valence-corrected chi connectivity index (χ0v) is 23.0. The highest BCUT2D eigenvalue weighted by Crippen LogP contribution is 2.49. The maximum Gasteiger partial charge on any atom is 0.169 e. The average Bonchev–Trinajstić information content (AvgIpc) is 3.39. The van der Waals surface area contributed by atoms with Crippen molar-refractivity contribution in [3.63, 3.8) is 0 Å². The van der Waals surface area contributed by atoms with Crippen LogP contribution in [0.25, 0.3) is 21.9 Å². The number of nitrogens with zero attached hydrogens (tertiary/aromatic N) is 1. The van der Waals surface area contributed by atoms with Crippen molar-refractivity contribution in [2.75, 3.05) is 4.90 Å². The van der Waals surface area contributed by atoms with E-state index in [0.29, 0.717) is 5.92 Å². The van der Waals surface area contributed by atoms with Gasteiger partial charge in [0.25, 0.3) is 0 Å². The van der Waals surface area contributed by atoms with Gasteiger partial charge in [-0.2, -0.15) is 0 Å². The molecule has 0 fully saturated rings. The summed E-state index contributed by atoms with van der Waals surface area (Å²) < 4.78 is 19.5. The van der Waals surface area contributed by atoms with Crippen molar-refractivity contribution < 1.29 is 13.9 Å². The third-order valence-corrected chi connectivity index (χ3v) is 8.78. The van der Waals surface area contributed by atoms with Crippen molar-refractivity contribution in [1.29, 1.82) is 0 Å². The molecule has 4 heteroatoms. The van der Waals surface area contributed by atoms with Crippen molar-refractivity contribution in [1.82, 2.24) is 0 Å². The number of anilines is 1. The van der Waals surface area contributed by atoms with Crippen LogP contribution >= 0.6 is 0 Å². The molecule has 0 saturated heterocycles. The highest BCUT2D eigenvalue weighted by molar-refractivity contribution is 6.05. The molecule has 0 amide bonds. The van der Waals surface area contributed by atoms with E-state index in [1.807, 2.05) is 36.4 Å². The largest absolute Gasteiger partial charge is 0.456 e. The van der Waals surface area contributed by atoms with E-state index < -0.39 is 5.54 Å². The minimum Gasteiger partial charge on any atom is -0.456 e. The fourth-order valence-electron chi connectivity index (χ4n) is 6.75. The molecule has 0 spiro atoms. The van der Waals surface area contributed by atoms with E-state index >= 15 is 0 Å². The first-order valence-corrected chi connectivity index (χ1v) is 14.5. The molecular weight excluding hydrogens is 506 g/mol. The topological polar surface area (TPSA) is 34.8 Å². The Kier molecular flexibility index (Phi) is 5.56. The minimum absolute atomic E-state index is 0.356. The molecular formula is C37H31NO3. The van der Waals surface area contributed by atoms with E-state index in [2.05, 4.69) is 90.7 Å². The van der Waals surface area contributed by atoms with Gasteiger partial charge in [-0.1, -0.05) is 72.8 Å². The Morgan fingerprint density at radius 1 is 0.780 bits per heavy atom. The second-order valence-electron chi connectivity index (χ2n) is 11.4. The maximum atomic E-state index is 6.71. The Bertz CT molecular complexity index is 1880. The van der Waals surface area contributed by atoms with Crippen molar-refractivity contribution >= 4 is 27.6 Å². The summed E-state index contributed by atoms with van der Waals surface area (Å²) in [4.78, 5) is 2.45. The van der Waals surface area contributed by atoms with E-state index in [1.165, 1.54) is 5.56 Å². The van der Waals surface area contributed by atoms with Gasteiger partial charge in [0.05, 0.1) is 0 Å². The van der Waals surface area contributed by atoms with Gasteiger partial charge in [0, 0.05) is 40.6 Å². The quantitative estimate of drug-likeness (QED) is 0.229. The molecule has 41 heavy (non-hydrogen) atoms. The monoisotopic (exact) mass is 537 g/mol. The first-order chi connectivity index (χ1) is 20.2. The first kappa shape index (κ1) is 24.1. The summed E-state index contributed by atoms with van der Waals surface area (Å²) in [6.45, 7) is 2.29. The zero-order valence-electron chi connectivity index (χ0n) is 23.0. The molecule has 4 aromatic carbocycles. The lowest BCUT2D eigenvalue weighted by atomic mass is 9.82. The van der Waals surface area contributed by atoms with Gasteiger partial charge < -0.3 is 18.8 Å². The molecule has 1 unspecified atom stereocenters. The van der Waals surface area contributed by atoms with Crippen LogP contribution in [0.2, 0.25) is 0 Å². The van der Waals surface area contributed by atoms with Crippen molar-refractivity contribution in [3.05, 3.63) is 138 Å². The summed E-state index contributed by atoms with van der Waals surface area (Å²) in [5, 5.41) is 2.26. The van der Waals surface area contributed by atoms with Crippen molar-refractivity contribution in [2.45, 2.75) is 44.1 Å². The Balaban J connectivity index is 1.26. The van der Waals surface area contributed by atoms with Crippen LogP contribution in [0.5, 0.6) is 11.5 Å². The fraction of sp³-hybridized carbons (Fsp3) is 0.189. The third kappa shape index (κ3) is 3.97. The van der Waals surface area contributed by atoms with E-state index in [4.69, 9.17) is 13.9 Å². The van der Waals surface area contributed by atoms with Gasteiger partial charge in [-0.15, -0.1) is 0 Å². The molecule has 0 N–H and O–H groups in total. The Morgan fingerprint density at radius 2 is 1.54 bits per heavy atom. The van der Waals surface area contributed by atoms with E-state index in [0.717, 1.165) is 82.0 Å². The highest BCUT2D eigenvalue weighted by atomic mass is 16.6. The molecule has 0 bridgehead atoms. The Morgan fingerprint density at radius 3 is 2.37 bits per heavy atom. The number of ether oxygens (including phenoxy) is 2. The van der Waals surface area contributed by atoms with E-state index in [1.54, 1.807) is 0 Å². The number of hydrogen-bond acceptors (Lipinski definition) is 4. The number of benzene rings is 4. The number of allylic oxidation sites excluding steroid dienone is 4. The predicted octanol–water partition coefficient (Wildman–Crippen LogP) is 9.65. The minimum atomic E-state index is -0.462. The van der Waals surface area contributed by atoms with E-state index in [-0.39, 0.29) is 0 Å². The molecule has 4 nitrogen and oxygen atoms in total. The number of para-hydroxylation sites is 3. The lowest BCUT2D eigenvalue weighted by Crippen LogP contribution is -2.51. The van der Waals surface area contributed by atoms with Crippen molar-refractivity contribution in [2.24, 2.45) is 0 Å². The van der Waals surface area contributed by atoms with Crippen LogP contribution in [0.3, 0.4) is 0 Å². The number of furan rings is 1. The standard InChI is InChI=1S/C37H31NO3/c1-37(23-9-16-34-36(37)41-33-15-8-7-14-32(33)40-34)38(27-19-17-26(18-20-27)25-10-3-2-4-11-25)28-21-22-30-29-12-5-6-13-31(29)39-35(30)24-28/h2-8,10-15,17,19-22,24,26H,9,16,18,23H2,1H3/t26?,37-/m1/s1. The molecule has 0 radical (unpaired) electrons. The zero-order chi connectivity index (χ0) is 27.4. The molecule has 3 aliphatic rings. The molecule has 1 aliphatic heterocycles. The number of rotatable bonds is 4. The lowest BCUT2D eigenvalue weighted by Gasteiger charge is -2.48. The van der Waals surface area contributed by atoms with Crippen molar-refractivity contribution in [3.8, 4) is 11.5 Å². The van der Waals surface area contributed by atoms with Gasteiger partial charge in [-0.3, -0.25) is 0 Å². The normalized spacial score (nSPS) is 21.6. The van der Waals surface area contributed by atoms with E-state index in [9.17, 15) is 0 Å². The van der Waals surface area contributed by atoms with Gasteiger partial charge in [-0.25, -0.2) is 0 Å². The molecule has 2 heterocycles. The number of fused-ring (bicyclic) bond motifs is 4. The molecule has 202 valence electrons. The maximum absolute atomic E-state index is 6.71. The van der Waals surface area contributed by atoms with Crippen LogP contribution in [-0.4, -0.2) is 5.54 Å². The molecule has 5 aromatic rings. The van der Waals surface area contributed by atoms with Gasteiger partial charge in [0.1, 0.15) is 22.5 Å². The SMILES string of the molecule is C[C@@]1(N(C2=CCC(c3ccccc3)C=C2)c2ccc3c(c2)oc2ccccc23)CCCC2=C1Oc1ccccc1O2. The summed E-state index contributed by atoms with van der Waals surface area (Å²) in [7, 11) is 0. The van der Waals surface area contributed by atoms with Gasteiger partial charge in [-0.05, 0) is 68.2 Å². The van der Waals surface area contributed by atoms with Crippen LogP contribution in [-0.2, 0) is 0 Å². The molecule has 8 rings (SSSR count). The van der Waals surface area contributed by atoms with Gasteiger partial charge >= 0.3 is 0 Å². The summed E-state index contributed by atoms with van der Waals surface area (Å²) in [5.74, 6) is 3.73. The first-order valence-electron chi connectivity index (χ1n) is 14.5. The molecule has 2 aliphatic carbocycles. The van der Waals surface area contributed by atoms with Gasteiger partial charge in [0.15, 0.2) is 17.3 Å². The van der Waals surface area contributed by atoms with Gasteiger partial charge in [0.2, 0.25) is 0 Å². The van der Waals surface area contributed by atoms with Crippen LogP contribution < -0.4 is 14.4 Å². The van der Waals surface area contributed by atoms with Crippen LogP contribution in [0.1, 0.15) is 44.1 Å². The summed E-state index contributed by atoms with van der Waals surface area (Å²) >= 11 is 0. The fourth-order valence-corrected chi connectivity index (χ4v) is 6.75. The van der Waals surface area contributed by atoms with Crippen LogP contribution in [0.15, 0.2) is 137 Å². The third-order valence-electron chi connectivity index (χ3n) is 8.78. The second kappa shape index (κ2) is 9.45. The summed E-state index contributed by atoms with van der Waals surface area (Å²) in [6, 6.07) is 33.5. The smallest absolute Gasteiger partial charge is 0.169 e. The molecule has 1 aromatic heterocycles. The predicted molar refractivity (Wildman–Crippen MR) is 164 cm³/mol. The summed E-state index contributed by atoms with van der Waals surface area (Å²) in [5.41, 5.74) is 4.90.